The van der Waals surface area contributed by atoms with E-state index in [1.54, 1.807) is 0 Å². The lowest BCUT2D eigenvalue weighted by molar-refractivity contribution is -0.0437. The van der Waals surface area contributed by atoms with Gasteiger partial charge >= 0.3 is 0 Å². The molecule has 0 fully saturated rings. The summed E-state index contributed by atoms with van der Waals surface area (Å²) >= 11 is 0. The third-order valence-electron chi connectivity index (χ3n) is 6.50. The molecule has 0 rings (SSSR count). The van der Waals surface area contributed by atoms with Gasteiger partial charge in [0.1, 0.15) is 6.10 Å². The maximum atomic E-state index is 9.49. The molecule has 0 radical (unpaired) electrons. The van der Waals surface area contributed by atoms with Crippen LogP contribution in [0, 0.1) is 0 Å². The molecule has 3 heteroatoms. The molecular weight excluding hydrogens is 396 g/mol. The second-order valence-corrected chi connectivity index (χ2v) is 9.82. The molecule has 0 heterocycles. The molecule has 0 spiro atoms. The van der Waals surface area contributed by atoms with Crippen LogP contribution in [0.15, 0.2) is 0 Å². The van der Waals surface area contributed by atoms with Gasteiger partial charge in [0.05, 0.1) is 13.2 Å². The van der Waals surface area contributed by atoms with E-state index in [4.69, 9.17) is 9.47 Å². The highest BCUT2D eigenvalue weighted by molar-refractivity contribution is 4.55. The molecule has 0 bridgehead atoms. The molecule has 1 atom stereocenters. The van der Waals surface area contributed by atoms with Crippen LogP contribution in [0.3, 0.4) is 0 Å². The van der Waals surface area contributed by atoms with Gasteiger partial charge in [0, 0.05) is 13.2 Å². The summed E-state index contributed by atoms with van der Waals surface area (Å²) < 4.78 is 11.5. The molecule has 0 aliphatic rings. The fourth-order valence-corrected chi connectivity index (χ4v) is 4.25. The van der Waals surface area contributed by atoms with Gasteiger partial charge in [-0.3, -0.25) is 0 Å². The number of hydrogen-bond acceptors (Lipinski definition) is 3. The Kier molecular flexibility index (Phi) is 28.8. The molecule has 0 saturated heterocycles. The third kappa shape index (κ3) is 26.1. The normalized spacial score (nSPS) is 12.5. The number of aliphatic hydroxyl groups excluding tert-OH is 1. The van der Waals surface area contributed by atoms with Crippen LogP contribution >= 0.6 is 0 Å². The van der Waals surface area contributed by atoms with Gasteiger partial charge in [-0.15, -0.1) is 0 Å². The van der Waals surface area contributed by atoms with Crippen LogP contribution in [0.5, 0.6) is 0 Å². The maximum Gasteiger partial charge on any atom is 0.104 e. The first-order valence-electron chi connectivity index (χ1n) is 14.6. The predicted molar refractivity (Wildman–Crippen MR) is 141 cm³/mol. The number of ether oxygens (including phenoxy) is 2. The summed E-state index contributed by atoms with van der Waals surface area (Å²) in [6.45, 7) is 6.71. The number of hydrogen-bond donors (Lipinski definition) is 1. The molecule has 0 aliphatic heterocycles. The quantitative estimate of drug-likeness (QED) is 0.119. The summed E-state index contributed by atoms with van der Waals surface area (Å²) in [5, 5.41) is 9.49. The summed E-state index contributed by atoms with van der Waals surface area (Å²) in [5.74, 6) is 0. The van der Waals surface area contributed by atoms with Gasteiger partial charge < -0.3 is 14.6 Å². The van der Waals surface area contributed by atoms with E-state index in [-0.39, 0.29) is 12.7 Å². The Hall–Kier alpha value is -0.120. The molecule has 0 aliphatic carbocycles. The van der Waals surface area contributed by atoms with Crippen LogP contribution in [0.25, 0.3) is 0 Å². The first-order chi connectivity index (χ1) is 15.8. The third-order valence-corrected chi connectivity index (χ3v) is 6.50. The molecule has 3 nitrogen and oxygen atoms in total. The van der Waals surface area contributed by atoms with E-state index in [1.165, 1.54) is 128 Å². The molecule has 194 valence electrons. The minimum Gasteiger partial charge on any atom is -0.394 e. The van der Waals surface area contributed by atoms with Gasteiger partial charge in [-0.25, -0.2) is 0 Å². The molecule has 0 aromatic heterocycles. The lowest BCUT2D eigenvalue weighted by Gasteiger charge is -2.15. The molecule has 0 aromatic carbocycles. The Labute approximate surface area is 202 Å². The van der Waals surface area contributed by atoms with Crippen LogP contribution in [-0.4, -0.2) is 37.6 Å². The van der Waals surface area contributed by atoms with E-state index in [9.17, 15) is 5.11 Å². The maximum absolute atomic E-state index is 9.49. The average molecular weight is 457 g/mol. The van der Waals surface area contributed by atoms with E-state index < -0.39 is 0 Å². The van der Waals surface area contributed by atoms with Crippen molar-refractivity contribution < 1.29 is 14.6 Å². The number of rotatable bonds is 28. The minimum absolute atomic E-state index is 0.0657. The Morgan fingerprint density at radius 2 is 0.812 bits per heavy atom. The highest BCUT2D eigenvalue weighted by atomic mass is 16.5. The van der Waals surface area contributed by atoms with Crippen LogP contribution in [0.1, 0.15) is 155 Å². The average Bonchev–Trinajstić information content (AvgIpc) is 2.81. The number of unbranched alkanes of at least 4 members (excludes halogenated alkanes) is 20. The molecule has 0 amide bonds. The van der Waals surface area contributed by atoms with E-state index in [0.717, 1.165) is 26.1 Å². The SMILES string of the molecule is CCCCCCCCCCCCCCOCC(CO)OCCCCCCCCCCCC. The topological polar surface area (TPSA) is 38.7 Å². The Balaban J connectivity index is 3.26. The standard InChI is InChI=1S/C29H60O3/c1-3-5-7-9-11-13-15-16-17-19-21-23-25-31-28-29(27-30)32-26-24-22-20-18-14-12-10-8-6-4-2/h29-30H,3-28H2,1-2H3. The molecule has 1 N–H and O–H groups in total. The molecule has 0 aromatic rings. The summed E-state index contributed by atoms with van der Waals surface area (Å²) in [5.41, 5.74) is 0. The van der Waals surface area contributed by atoms with Gasteiger partial charge in [-0.05, 0) is 12.8 Å². The molecule has 1 unspecified atom stereocenters. The fourth-order valence-electron chi connectivity index (χ4n) is 4.25. The lowest BCUT2D eigenvalue weighted by atomic mass is 10.1. The van der Waals surface area contributed by atoms with Crippen LogP contribution in [0.2, 0.25) is 0 Å². The van der Waals surface area contributed by atoms with Crippen LogP contribution < -0.4 is 0 Å². The molecular formula is C29H60O3. The molecule has 32 heavy (non-hydrogen) atoms. The van der Waals surface area contributed by atoms with Crippen LogP contribution in [0.4, 0.5) is 0 Å². The van der Waals surface area contributed by atoms with E-state index in [0.29, 0.717) is 6.61 Å². The van der Waals surface area contributed by atoms with Crippen molar-refractivity contribution in [2.75, 3.05) is 26.4 Å². The Morgan fingerprint density at radius 1 is 0.469 bits per heavy atom. The first kappa shape index (κ1) is 31.9. The van der Waals surface area contributed by atoms with Crippen molar-refractivity contribution in [2.45, 2.75) is 161 Å². The zero-order valence-corrected chi connectivity index (χ0v) is 22.2. The van der Waals surface area contributed by atoms with E-state index in [2.05, 4.69) is 13.8 Å². The highest BCUT2D eigenvalue weighted by Crippen LogP contribution is 2.12. The van der Waals surface area contributed by atoms with Crippen molar-refractivity contribution in [1.82, 2.24) is 0 Å². The fraction of sp³-hybridized carbons (Fsp3) is 1.00. The summed E-state index contributed by atoms with van der Waals surface area (Å²) in [6, 6.07) is 0. The summed E-state index contributed by atoms with van der Waals surface area (Å²) in [4.78, 5) is 0. The van der Waals surface area contributed by atoms with E-state index >= 15 is 0 Å². The lowest BCUT2D eigenvalue weighted by Crippen LogP contribution is -2.24. The summed E-state index contributed by atoms with van der Waals surface area (Å²) in [7, 11) is 0. The predicted octanol–water partition coefficient (Wildman–Crippen LogP) is 9.00. The first-order valence-corrected chi connectivity index (χ1v) is 14.6. The second-order valence-electron chi connectivity index (χ2n) is 9.82. The second kappa shape index (κ2) is 28.9. The van der Waals surface area contributed by atoms with E-state index in [1.807, 2.05) is 0 Å². The largest absolute Gasteiger partial charge is 0.394 e. The summed E-state index contributed by atoms with van der Waals surface area (Å²) in [6.07, 6.45) is 29.6. The minimum atomic E-state index is -0.147. The smallest absolute Gasteiger partial charge is 0.104 e. The van der Waals surface area contributed by atoms with Crippen molar-refractivity contribution >= 4 is 0 Å². The van der Waals surface area contributed by atoms with Gasteiger partial charge in [0.2, 0.25) is 0 Å². The Morgan fingerprint density at radius 3 is 1.19 bits per heavy atom. The van der Waals surface area contributed by atoms with Crippen molar-refractivity contribution in [2.24, 2.45) is 0 Å². The van der Waals surface area contributed by atoms with Crippen molar-refractivity contribution in [3.8, 4) is 0 Å². The van der Waals surface area contributed by atoms with Crippen molar-refractivity contribution in [3.63, 3.8) is 0 Å². The van der Waals surface area contributed by atoms with Crippen LogP contribution in [-0.2, 0) is 9.47 Å². The van der Waals surface area contributed by atoms with Gasteiger partial charge in [0.15, 0.2) is 0 Å². The monoisotopic (exact) mass is 456 g/mol. The zero-order chi connectivity index (χ0) is 23.4. The van der Waals surface area contributed by atoms with Gasteiger partial charge in [0.25, 0.3) is 0 Å². The van der Waals surface area contributed by atoms with Crippen molar-refractivity contribution in [3.05, 3.63) is 0 Å². The van der Waals surface area contributed by atoms with Crippen molar-refractivity contribution in [1.29, 1.82) is 0 Å². The zero-order valence-electron chi connectivity index (χ0n) is 22.2. The number of aliphatic hydroxyl groups is 1. The Bertz CT molecular complexity index is 322. The highest BCUT2D eigenvalue weighted by Gasteiger charge is 2.07. The van der Waals surface area contributed by atoms with Gasteiger partial charge in [-0.1, -0.05) is 142 Å². The van der Waals surface area contributed by atoms with Gasteiger partial charge in [-0.2, -0.15) is 0 Å². The molecule has 0 saturated carbocycles.